The molecule has 1 atom stereocenters. The molecule has 0 aliphatic carbocycles. The van der Waals surface area contributed by atoms with E-state index >= 15 is 0 Å². The Hall–Kier alpha value is -0.360. The molecular weight excluding hydrogens is 402 g/mol. The van der Waals surface area contributed by atoms with Gasteiger partial charge in [-0.3, -0.25) is 0 Å². The first-order valence-electron chi connectivity index (χ1n) is 6.63. The molecule has 1 aliphatic rings. The molecule has 0 radical (unpaired) electrons. The van der Waals surface area contributed by atoms with Gasteiger partial charge in [0.1, 0.15) is 5.75 Å². The number of rotatable bonds is 4. The Bertz CT molecular complexity index is 607. The molecule has 20 heavy (non-hydrogen) atoms. The number of benzene rings is 1. The molecule has 0 fully saturated rings. The summed E-state index contributed by atoms with van der Waals surface area (Å²) in [6.45, 7) is 3.85. The summed E-state index contributed by atoms with van der Waals surface area (Å²) in [4.78, 5) is 1.29. The fraction of sp³-hybridized carbons (Fsp3) is 0.333. The van der Waals surface area contributed by atoms with Crippen molar-refractivity contribution in [2.75, 3.05) is 13.2 Å². The van der Waals surface area contributed by atoms with Crippen LogP contribution >= 0.6 is 43.2 Å². The summed E-state index contributed by atoms with van der Waals surface area (Å²) in [5.74, 6) is 1.07. The van der Waals surface area contributed by atoms with E-state index in [1.807, 2.05) is 0 Å². The van der Waals surface area contributed by atoms with Crippen LogP contribution in [0.15, 0.2) is 32.5 Å². The van der Waals surface area contributed by atoms with Crippen LogP contribution in [0.2, 0.25) is 0 Å². The predicted octanol–water partition coefficient (Wildman–Crippen LogP) is 4.91. The zero-order chi connectivity index (χ0) is 14.1. The Kier molecular flexibility index (Phi) is 4.50. The van der Waals surface area contributed by atoms with Crippen LogP contribution in [0.4, 0.5) is 0 Å². The van der Waals surface area contributed by atoms with E-state index < -0.39 is 0 Å². The van der Waals surface area contributed by atoms with Gasteiger partial charge < -0.3 is 10.1 Å². The zero-order valence-corrected chi connectivity index (χ0v) is 15.1. The van der Waals surface area contributed by atoms with Gasteiger partial charge in [-0.05, 0) is 50.0 Å². The summed E-state index contributed by atoms with van der Waals surface area (Å²) in [6, 6.07) is 8.82. The summed E-state index contributed by atoms with van der Waals surface area (Å²) in [5, 5.41) is 3.57. The highest BCUT2D eigenvalue weighted by molar-refractivity contribution is 9.13. The van der Waals surface area contributed by atoms with Crippen LogP contribution in [0.5, 0.6) is 5.75 Å². The number of hydrogen-bond donors (Lipinski definition) is 1. The molecular formula is C15H15Br2NOS. The molecule has 3 rings (SSSR count). The second-order valence-electron chi connectivity index (χ2n) is 4.70. The molecule has 0 amide bonds. The number of ether oxygens (including phenoxy) is 1. The predicted molar refractivity (Wildman–Crippen MR) is 90.9 cm³/mol. The molecule has 2 heterocycles. The van der Waals surface area contributed by atoms with Crippen LogP contribution in [-0.2, 0) is 6.42 Å². The average molecular weight is 417 g/mol. The van der Waals surface area contributed by atoms with Gasteiger partial charge in [-0.1, -0.05) is 25.1 Å². The Labute approximate surface area is 139 Å². The number of halogens is 2. The summed E-state index contributed by atoms with van der Waals surface area (Å²) < 4.78 is 8.09. The van der Waals surface area contributed by atoms with Crippen LogP contribution < -0.4 is 10.1 Å². The molecule has 1 aromatic carbocycles. The molecule has 0 saturated carbocycles. The molecule has 106 valence electrons. The van der Waals surface area contributed by atoms with Crippen molar-refractivity contribution < 1.29 is 4.74 Å². The van der Waals surface area contributed by atoms with Crippen molar-refractivity contribution in [3.05, 3.63) is 48.5 Å². The molecule has 5 heteroatoms. The normalized spacial score (nSPS) is 14.9. The Morgan fingerprint density at radius 1 is 1.40 bits per heavy atom. The minimum Gasteiger partial charge on any atom is -0.493 e. The lowest BCUT2D eigenvalue weighted by atomic mass is 10.0. The van der Waals surface area contributed by atoms with Gasteiger partial charge in [0.25, 0.3) is 0 Å². The van der Waals surface area contributed by atoms with Gasteiger partial charge in [-0.25, -0.2) is 0 Å². The molecule has 1 unspecified atom stereocenters. The summed E-state index contributed by atoms with van der Waals surface area (Å²) in [5.41, 5.74) is 2.56. The zero-order valence-electron chi connectivity index (χ0n) is 11.1. The third kappa shape index (κ3) is 2.69. The van der Waals surface area contributed by atoms with Gasteiger partial charge in [0, 0.05) is 21.3 Å². The highest BCUT2D eigenvalue weighted by atomic mass is 79.9. The summed E-state index contributed by atoms with van der Waals surface area (Å²) >= 11 is 8.91. The molecule has 1 aromatic heterocycles. The Morgan fingerprint density at radius 2 is 2.25 bits per heavy atom. The van der Waals surface area contributed by atoms with Crippen LogP contribution in [0.1, 0.15) is 29.0 Å². The Morgan fingerprint density at radius 3 is 2.95 bits per heavy atom. The van der Waals surface area contributed by atoms with Crippen LogP contribution in [0, 0.1) is 0 Å². The van der Waals surface area contributed by atoms with Crippen molar-refractivity contribution in [3.8, 4) is 5.75 Å². The van der Waals surface area contributed by atoms with Crippen LogP contribution in [-0.4, -0.2) is 13.2 Å². The first kappa shape index (κ1) is 14.6. The van der Waals surface area contributed by atoms with E-state index in [2.05, 4.69) is 68.4 Å². The van der Waals surface area contributed by atoms with E-state index in [-0.39, 0.29) is 6.04 Å². The maximum Gasteiger partial charge on any atom is 0.127 e. The van der Waals surface area contributed by atoms with Gasteiger partial charge in [0.05, 0.1) is 16.4 Å². The van der Waals surface area contributed by atoms with Gasteiger partial charge in [0.15, 0.2) is 0 Å². The lowest BCUT2D eigenvalue weighted by Gasteiger charge is -2.19. The molecule has 1 N–H and O–H groups in total. The van der Waals surface area contributed by atoms with E-state index in [1.54, 1.807) is 11.3 Å². The number of para-hydroxylation sites is 1. The second-order valence-corrected chi connectivity index (χ2v) is 7.95. The van der Waals surface area contributed by atoms with E-state index in [4.69, 9.17) is 4.74 Å². The lowest BCUT2D eigenvalue weighted by Crippen LogP contribution is -2.21. The monoisotopic (exact) mass is 415 g/mol. The summed E-state index contributed by atoms with van der Waals surface area (Å²) in [7, 11) is 0. The molecule has 2 aromatic rings. The fourth-order valence-electron chi connectivity index (χ4n) is 2.54. The SMILES string of the molecule is CCNC(c1cc(Br)c(Br)s1)c1cccc2c1OCC2. The van der Waals surface area contributed by atoms with Gasteiger partial charge in [0.2, 0.25) is 0 Å². The van der Waals surface area contributed by atoms with E-state index in [0.29, 0.717) is 0 Å². The molecule has 0 spiro atoms. The molecule has 0 saturated heterocycles. The van der Waals surface area contributed by atoms with Crippen molar-refractivity contribution in [1.82, 2.24) is 5.32 Å². The van der Waals surface area contributed by atoms with E-state index in [0.717, 1.165) is 33.6 Å². The third-order valence-corrected chi connectivity index (χ3v) is 6.73. The van der Waals surface area contributed by atoms with E-state index in [1.165, 1.54) is 16.0 Å². The van der Waals surface area contributed by atoms with Crippen molar-refractivity contribution in [2.45, 2.75) is 19.4 Å². The Balaban J connectivity index is 2.05. The highest BCUT2D eigenvalue weighted by Gasteiger charge is 2.24. The smallest absolute Gasteiger partial charge is 0.127 e. The summed E-state index contributed by atoms with van der Waals surface area (Å²) in [6.07, 6.45) is 1.01. The van der Waals surface area contributed by atoms with Crippen molar-refractivity contribution in [2.24, 2.45) is 0 Å². The molecule has 2 nitrogen and oxygen atoms in total. The van der Waals surface area contributed by atoms with Gasteiger partial charge in [-0.2, -0.15) is 0 Å². The maximum atomic E-state index is 5.86. The number of fused-ring (bicyclic) bond motifs is 1. The fourth-order valence-corrected chi connectivity index (χ4v) is 4.73. The van der Waals surface area contributed by atoms with Gasteiger partial charge >= 0.3 is 0 Å². The van der Waals surface area contributed by atoms with Gasteiger partial charge in [-0.15, -0.1) is 11.3 Å². The minimum absolute atomic E-state index is 0.181. The quantitative estimate of drug-likeness (QED) is 0.764. The van der Waals surface area contributed by atoms with Crippen molar-refractivity contribution in [3.63, 3.8) is 0 Å². The van der Waals surface area contributed by atoms with Crippen LogP contribution in [0.3, 0.4) is 0 Å². The standard InChI is InChI=1S/C15H15Br2NOS/c1-2-18-13(12-8-11(16)15(17)20-12)10-5-3-4-9-6-7-19-14(9)10/h3-5,8,13,18H,2,6-7H2,1H3. The van der Waals surface area contributed by atoms with Crippen LogP contribution in [0.25, 0.3) is 0 Å². The molecule has 1 aliphatic heterocycles. The first-order chi connectivity index (χ1) is 9.70. The van der Waals surface area contributed by atoms with Crippen molar-refractivity contribution >= 4 is 43.2 Å². The number of thiophene rings is 1. The number of hydrogen-bond acceptors (Lipinski definition) is 3. The minimum atomic E-state index is 0.181. The topological polar surface area (TPSA) is 21.3 Å². The lowest BCUT2D eigenvalue weighted by molar-refractivity contribution is 0.351. The first-order valence-corrected chi connectivity index (χ1v) is 9.03. The number of nitrogens with one attached hydrogen (secondary N) is 1. The molecule has 0 bridgehead atoms. The third-order valence-electron chi connectivity index (χ3n) is 3.41. The average Bonchev–Trinajstić information content (AvgIpc) is 3.03. The van der Waals surface area contributed by atoms with E-state index in [9.17, 15) is 0 Å². The maximum absolute atomic E-state index is 5.86. The highest BCUT2D eigenvalue weighted by Crippen LogP contribution is 2.41. The second kappa shape index (κ2) is 6.18. The largest absolute Gasteiger partial charge is 0.493 e. The van der Waals surface area contributed by atoms with Crippen molar-refractivity contribution in [1.29, 1.82) is 0 Å².